The van der Waals surface area contributed by atoms with Gasteiger partial charge in [-0.05, 0) is 56.6 Å². The zero-order valence-electron chi connectivity index (χ0n) is 12.9. The van der Waals surface area contributed by atoms with E-state index in [1.165, 1.54) is 0 Å². The van der Waals surface area contributed by atoms with Crippen molar-refractivity contribution in [3.63, 3.8) is 0 Å². The third-order valence-corrected chi connectivity index (χ3v) is 5.89. The summed E-state index contributed by atoms with van der Waals surface area (Å²) in [5.74, 6) is 0.689. The van der Waals surface area contributed by atoms with Crippen LogP contribution >= 0.6 is 0 Å². The zero-order chi connectivity index (χ0) is 15.5. The van der Waals surface area contributed by atoms with Gasteiger partial charge in [0.1, 0.15) is 5.75 Å². The molecule has 2 rings (SSSR count). The Kier molecular flexibility index (Phi) is 5.24. The quantitative estimate of drug-likeness (QED) is 0.792. The highest BCUT2D eigenvalue weighted by Gasteiger charge is 2.37. The number of ether oxygens (including phenoxy) is 1. The number of nitrogens with one attached hydrogen (secondary N) is 1. The van der Waals surface area contributed by atoms with Crippen LogP contribution in [0.15, 0.2) is 23.1 Å². The van der Waals surface area contributed by atoms with Gasteiger partial charge in [-0.3, -0.25) is 0 Å². The van der Waals surface area contributed by atoms with Gasteiger partial charge >= 0.3 is 0 Å². The minimum Gasteiger partial charge on any atom is -0.497 e. The maximum absolute atomic E-state index is 12.9. The van der Waals surface area contributed by atoms with Gasteiger partial charge in [-0.2, -0.15) is 4.31 Å². The van der Waals surface area contributed by atoms with Crippen molar-refractivity contribution in [3.8, 4) is 5.75 Å². The standard InChI is InChI=1S/C15H24N2O3S/c1-4-17(13-5-6-13)21(18,19)15-8-7-14(20-3)11-12(15)9-10-16-2/h7-8,11,13,16H,4-6,9-10H2,1-3H3. The lowest BCUT2D eigenvalue weighted by molar-refractivity contribution is 0.411. The SMILES string of the molecule is CCN(C1CC1)S(=O)(=O)c1ccc(OC)cc1CCNC. The van der Waals surface area contributed by atoms with Crippen LogP contribution in [0.4, 0.5) is 0 Å². The number of nitrogens with zero attached hydrogens (tertiary/aromatic N) is 1. The van der Waals surface area contributed by atoms with Crippen LogP contribution in [0, 0.1) is 0 Å². The van der Waals surface area contributed by atoms with Gasteiger partial charge in [-0.25, -0.2) is 8.42 Å². The average molecular weight is 312 g/mol. The molecule has 0 spiro atoms. The summed E-state index contributed by atoms with van der Waals surface area (Å²) in [5, 5.41) is 3.06. The molecule has 1 saturated carbocycles. The second-order valence-corrected chi connectivity index (χ2v) is 7.13. The molecule has 1 aliphatic carbocycles. The van der Waals surface area contributed by atoms with Gasteiger partial charge in [0.15, 0.2) is 0 Å². The van der Waals surface area contributed by atoms with Crippen LogP contribution in [0.5, 0.6) is 5.75 Å². The van der Waals surface area contributed by atoms with Crippen molar-refractivity contribution in [2.75, 3.05) is 27.2 Å². The minimum absolute atomic E-state index is 0.180. The molecule has 0 aliphatic heterocycles. The van der Waals surface area contributed by atoms with Crippen molar-refractivity contribution in [2.45, 2.75) is 37.1 Å². The summed E-state index contributed by atoms with van der Waals surface area (Å²) in [7, 11) is 0.0253. The number of benzene rings is 1. The molecule has 6 heteroatoms. The fraction of sp³-hybridized carbons (Fsp3) is 0.600. The van der Waals surface area contributed by atoms with Crippen LogP contribution in [0.3, 0.4) is 0 Å². The van der Waals surface area contributed by atoms with Gasteiger partial charge < -0.3 is 10.1 Å². The molecule has 0 atom stereocenters. The van der Waals surface area contributed by atoms with Crippen LogP contribution in [-0.2, 0) is 16.4 Å². The van der Waals surface area contributed by atoms with Crippen molar-refractivity contribution in [1.29, 1.82) is 0 Å². The zero-order valence-corrected chi connectivity index (χ0v) is 13.7. The Balaban J connectivity index is 2.40. The van der Waals surface area contributed by atoms with E-state index in [4.69, 9.17) is 4.74 Å². The molecule has 0 unspecified atom stereocenters. The monoisotopic (exact) mass is 312 g/mol. The first-order valence-electron chi connectivity index (χ1n) is 7.38. The smallest absolute Gasteiger partial charge is 0.243 e. The predicted molar refractivity (Wildman–Crippen MR) is 83.2 cm³/mol. The van der Waals surface area contributed by atoms with Crippen molar-refractivity contribution < 1.29 is 13.2 Å². The molecule has 1 aromatic carbocycles. The van der Waals surface area contributed by atoms with E-state index in [1.807, 2.05) is 20.0 Å². The first-order chi connectivity index (χ1) is 10.0. The molecule has 0 amide bonds. The normalized spacial score (nSPS) is 15.4. The van der Waals surface area contributed by atoms with Crippen LogP contribution in [-0.4, -0.2) is 46.0 Å². The van der Waals surface area contributed by atoms with E-state index < -0.39 is 10.0 Å². The summed E-state index contributed by atoms with van der Waals surface area (Å²) < 4.78 is 32.6. The molecular weight excluding hydrogens is 288 g/mol. The summed E-state index contributed by atoms with van der Waals surface area (Å²) >= 11 is 0. The Hall–Kier alpha value is -1.11. The van der Waals surface area contributed by atoms with E-state index in [1.54, 1.807) is 23.5 Å². The first kappa shape index (κ1) is 16.3. The van der Waals surface area contributed by atoms with Crippen molar-refractivity contribution in [2.24, 2.45) is 0 Å². The molecule has 118 valence electrons. The second-order valence-electron chi connectivity index (χ2n) is 5.27. The Morgan fingerprint density at radius 3 is 2.62 bits per heavy atom. The summed E-state index contributed by atoms with van der Waals surface area (Å²) in [4.78, 5) is 0.410. The molecule has 1 N–H and O–H groups in total. The van der Waals surface area contributed by atoms with E-state index in [2.05, 4.69) is 5.32 Å². The second kappa shape index (κ2) is 6.77. The Morgan fingerprint density at radius 2 is 2.10 bits per heavy atom. The number of likely N-dealkylation sites (N-methyl/N-ethyl adjacent to an activating group) is 1. The van der Waals surface area contributed by atoms with Crippen LogP contribution in [0.25, 0.3) is 0 Å². The number of methoxy groups -OCH3 is 1. The van der Waals surface area contributed by atoms with Gasteiger partial charge in [-0.15, -0.1) is 0 Å². The fourth-order valence-electron chi connectivity index (χ4n) is 2.50. The number of sulfonamides is 1. The van der Waals surface area contributed by atoms with E-state index >= 15 is 0 Å². The lowest BCUT2D eigenvalue weighted by Gasteiger charge is -2.22. The number of hydrogen-bond donors (Lipinski definition) is 1. The predicted octanol–water partition coefficient (Wildman–Crippen LogP) is 1.63. The van der Waals surface area contributed by atoms with E-state index in [-0.39, 0.29) is 6.04 Å². The molecule has 21 heavy (non-hydrogen) atoms. The highest BCUT2D eigenvalue weighted by atomic mass is 32.2. The third kappa shape index (κ3) is 3.56. The molecule has 1 aromatic rings. The maximum atomic E-state index is 12.9. The molecule has 0 saturated heterocycles. The molecule has 0 heterocycles. The van der Waals surface area contributed by atoms with Crippen molar-refractivity contribution in [3.05, 3.63) is 23.8 Å². The molecular formula is C15H24N2O3S. The number of hydrogen-bond acceptors (Lipinski definition) is 4. The maximum Gasteiger partial charge on any atom is 0.243 e. The van der Waals surface area contributed by atoms with Gasteiger partial charge in [0.05, 0.1) is 12.0 Å². The Labute approximate surface area is 127 Å². The largest absolute Gasteiger partial charge is 0.497 e. The molecule has 1 aliphatic rings. The topological polar surface area (TPSA) is 58.6 Å². The lowest BCUT2D eigenvalue weighted by Crippen LogP contribution is -2.33. The van der Waals surface area contributed by atoms with Gasteiger partial charge in [-0.1, -0.05) is 6.92 Å². The van der Waals surface area contributed by atoms with Crippen LogP contribution < -0.4 is 10.1 Å². The van der Waals surface area contributed by atoms with E-state index in [0.717, 1.165) is 24.9 Å². The fourth-order valence-corrected chi connectivity index (χ4v) is 4.43. The third-order valence-electron chi connectivity index (χ3n) is 3.76. The highest BCUT2D eigenvalue weighted by Crippen LogP contribution is 2.33. The molecule has 0 aromatic heterocycles. The Bertz CT molecular complexity index is 583. The van der Waals surface area contributed by atoms with Crippen LogP contribution in [0.1, 0.15) is 25.3 Å². The molecule has 5 nitrogen and oxygen atoms in total. The van der Waals surface area contributed by atoms with E-state index in [0.29, 0.717) is 23.6 Å². The Morgan fingerprint density at radius 1 is 1.38 bits per heavy atom. The number of rotatable bonds is 8. The molecule has 0 bridgehead atoms. The van der Waals surface area contributed by atoms with E-state index in [9.17, 15) is 8.42 Å². The first-order valence-corrected chi connectivity index (χ1v) is 8.82. The van der Waals surface area contributed by atoms with Gasteiger partial charge in [0, 0.05) is 12.6 Å². The van der Waals surface area contributed by atoms with Gasteiger partial charge in [0.2, 0.25) is 10.0 Å². The van der Waals surface area contributed by atoms with Crippen LogP contribution in [0.2, 0.25) is 0 Å². The molecule has 1 fully saturated rings. The summed E-state index contributed by atoms with van der Waals surface area (Å²) in [5.41, 5.74) is 0.808. The minimum atomic E-state index is -3.42. The van der Waals surface area contributed by atoms with Gasteiger partial charge in [0.25, 0.3) is 0 Å². The highest BCUT2D eigenvalue weighted by molar-refractivity contribution is 7.89. The van der Waals surface area contributed by atoms with Crippen molar-refractivity contribution in [1.82, 2.24) is 9.62 Å². The molecule has 0 radical (unpaired) electrons. The summed E-state index contributed by atoms with van der Waals surface area (Å²) in [6, 6.07) is 5.39. The average Bonchev–Trinajstić information content (AvgIpc) is 3.29. The summed E-state index contributed by atoms with van der Waals surface area (Å²) in [6.07, 6.45) is 2.59. The lowest BCUT2D eigenvalue weighted by atomic mass is 10.1. The van der Waals surface area contributed by atoms with Crippen molar-refractivity contribution >= 4 is 10.0 Å². The summed E-state index contributed by atoms with van der Waals surface area (Å²) in [6.45, 7) is 3.14.